The zero-order chi connectivity index (χ0) is 19.9. The van der Waals surface area contributed by atoms with Crippen LogP contribution < -0.4 is 20.1 Å². The molecule has 0 aliphatic carbocycles. The lowest BCUT2D eigenvalue weighted by atomic mass is 10.2. The normalized spacial score (nSPS) is 10.2. The minimum atomic E-state index is -0.305. The fraction of sp³-hybridized carbons (Fsp3) is 0.200. The van der Waals surface area contributed by atoms with Crippen molar-refractivity contribution in [2.45, 2.75) is 13.5 Å². The summed E-state index contributed by atoms with van der Waals surface area (Å²) in [6.07, 6.45) is 1.68. The van der Waals surface area contributed by atoms with Crippen LogP contribution in [0.5, 0.6) is 11.5 Å². The van der Waals surface area contributed by atoms with Gasteiger partial charge in [0.1, 0.15) is 17.2 Å². The molecular weight excluding hydrogens is 358 g/mol. The Kier molecular flexibility index (Phi) is 6.01. The van der Waals surface area contributed by atoms with Crippen molar-refractivity contribution in [2.75, 3.05) is 19.5 Å². The smallest absolute Gasteiger partial charge is 0.270 e. The van der Waals surface area contributed by atoms with Crippen molar-refractivity contribution in [2.24, 2.45) is 0 Å². The first-order valence-electron chi connectivity index (χ1n) is 8.62. The van der Waals surface area contributed by atoms with E-state index in [1.165, 1.54) is 0 Å². The third kappa shape index (κ3) is 4.73. The van der Waals surface area contributed by atoms with Crippen LogP contribution in [0.1, 0.15) is 21.9 Å². The number of hydrogen-bond acceptors (Lipinski definition) is 7. The number of anilines is 2. The van der Waals surface area contributed by atoms with Gasteiger partial charge >= 0.3 is 0 Å². The summed E-state index contributed by atoms with van der Waals surface area (Å²) < 4.78 is 10.6. The van der Waals surface area contributed by atoms with Crippen LogP contribution in [0.15, 0.2) is 48.7 Å². The van der Waals surface area contributed by atoms with Crippen molar-refractivity contribution < 1.29 is 14.3 Å². The van der Waals surface area contributed by atoms with Crippen LogP contribution in [0, 0.1) is 6.92 Å². The summed E-state index contributed by atoms with van der Waals surface area (Å²) in [6, 6.07) is 12.5. The first-order valence-corrected chi connectivity index (χ1v) is 8.62. The maximum absolute atomic E-state index is 12.5. The van der Waals surface area contributed by atoms with Crippen LogP contribution in [0.25, 0.3) is 0 Å². The summed E-state index contributed by atoms with van der Waals surface area (Å²) in [5, 5.41) is 5.90. The number of carbonyl (C=O) groups excluding carboxylic acids is 1. The largest absolute Gasteiger partial charge is 0.497 e. The predicted octanol–water partition coefficient (Wildman–Crippen LogP) is 2.87. The lowest BCUT2D eigenvalue weighted by Crippen LogP contribution is -2.24. The molecule has 0 fully saturated rings. The first-order chi connectivity index (χ1) is 13.6. The van der Waals surface area contributed by atoms with Gasteiger partial charge in [0.05, 0.1) is 32.1 Å². The van der Waals surface area contributed by atoms with E-state index in [2.05, 4.69) is 25.6 Å². The highest BCUT2D eigenvalue weighted by atomic mass is 16.5. The molecule has 0 unspecified atom stereocenters. The van der Waals surface area contributed by atoms with Gasteiger partial charge in [-0.25, -0.2) is 9.97 Å². The number of amides is 1. The number of hydrogen-bond donors (Lipinski definition) is 2. The molecule has 0 atom stereocenters. The van der Waals surface area contributed by atoms with Crippen LogP contribution in [-0.4, -0.2) is 35.1 Å². The quantitative estimate of drug-likeness (QED) is 0.651. The number of benzene rings is 1. The van der Waals surface area contributed by atoms with Gasteiger partial charge in [-0.2, -0.15) is 0 Å². The van der Waals surface area contributed by atoms with Crippen LogP contribution in [-0.2, 0) is 6.54 Å². The molecule has 0 aliphatic heterocycles. The first kappa shape index (κ1) is 19.1. The molecule has 1 aromatic carbocycles. The number of rotatable bonds is 7. The molecule has 3 aromatic rings. The molecule has 0 aliphatic rings. The molecule has 28 heavy (non-hydrogen) atoms. The predicted molar refractivity (Wildman–Crippen MR) is 105 cm³/mol. The van der Waals surface area contributed by atoms with Gasteiger partial charge in [-0.05, 0) is 37.3 Å². The number of aryl methyl sites for hydroxylation is 1. The van der Waals surface area contributed by atoms with Gasteiger partial charge in [-0.3, -0.25) is 9.78 Å². The van der Waals surface area contributed by atoms with Crippen molar-refractivity contribution in [3.05, 3.63) is 65.7 Å². The number of nitrogens with one attached hydrogen (secondary N) is 2. The summed E-state index contributed by atoms with van der Waals surface area (Å²) in [7, 11) is 3.15. The Morgan fingerprint density at radius 2 is 1.93 bits per heavy atom. The summed E-state index contributed by atoms with van der Waals surface area (Å²) in [5.41, 5.74) is 2.35. The molecule has 2 heterocycles. The number of carbonyl (C=O) groups is 1. The number of nitrogens with zero attached hydrogens (tertiary/aromatic N) is 3. The van der Waals surface area contributed by atoms with Gasteiger partial charge in [0.25, 0.3) is 5.91 Å². The van der Waals surface area contributed by atoms with E-state index in [0.29, 0.717) is 35.4 Å². The summed E-state index contributed by atoms with van der Waals surface area (Å²) in [5.74, 6) is 1.24. The van der Waals surface area contributed by atoms with Gasteiger partial charge in [0.2, 0.25) is 5.95 Å². The third-order valence-electron chi connectivity index (χ3n) is 3.90. The molecule has 0 radical (unpaired) electrons. The van der Waals surface area contributed by atoms with E-state index in [-0.39, 0.29) is 11.6 Å². The average Bonchev–Trinajstić information content (AvgIpc) is 2.72. The Bertz CT molecular complexity index is 963. The van der Waals surface area contributed by atoms with Crippen molar-refractivity contribution in [1.82, 2.24) is 20.3 Å². The molecule has 0 saturated heterocycles. The van der Waals surface area contributed by atoms with Gasteiger partial charge in [0, 0.05) is 18.0 Å². The topological polar surface area (TPSA) is 98.3 Å². The van der Waals surface area contributed by atoms with Crippen molar-refractivity contribution in [3.8, 4) is 11.5 Å². The highest BCUT2D eigenvalue weighted by Gasteiger charge is 2.13. The molecule has 144 valence electrons. The van der Waals surface area contributed by atoms with Crippen molar-refractivity contribution >= 4 is 17.5 Å². The van der Waals surface area contributed by atoms with Crippen LogP contribution in [0.4, 0.5) is 11.6 Å². The number of aromatic nitrogens is 3. The Morgan fingerprint density at radius 1 is 1.07 bits per heavy atom. The maximum atomic E-state index is 12.5. The number of methoxy groups -OCH3 is 2. The van der Waals surface area contributed by atoms with E-state index in [4.69, 9.17) is 9.47 Å². The van der Waals surface area contributed by atoms with E-state index < -0.39 is 0 Å². The van der Waals surface area contributed by atoms with Gasteiger partial charge in [-0.15, -0.1) is 0 Å². The third-order valence-corrected chi connectivity index (χ3v) is 3.90. The molecular formula is C20H21N5O3. The standard InChI is InChI=1S/C20H21N5O3/c1-13-10-17(19(26)22-12-14-6-4-5-9-21-14)25-20(23-13)24-16-8-7-15(27-2)11-18(16)28-3/h4-11H,12H2,1-3H3,(H,22,26)(H,23,24,25). The van der Waals surface area contributed by atoms with E-state index in [9.17, 15) is 4.79 Å². The number of pyridine rings is 1. The van der Waals surface area contributed by atoms with E-state index in [1.54, 1.807) is 51.6 Å². The Morgan fingerprint density at radius 3 is 2.64 bits per heavy atom. The van der Waals surface area contributed by atoms with E-state index in [0.717, 1.165) is 5.69 Å². The molecule has 2 N–H and O–H groups in total. The fourth-order valence-corrected chi connectivity index (χ4v) is 2.53. The fourth-order valence-electron chi connectivity index (χ4n) is 2.53. The average molecular weight is 379 g/mol. The molecule has 0 saturated carbocycles. The summed E-state index contributed by atoms with van der Waals surface area (Å²) >= 11 is 0. The molecule has 1 amide bonds. The van der Waals surface area contributed by atoms with Crippen LogP contribution >= 0.6 is 0 Å². The Labute approximate surface area is 163 Å². The van der Waals surface area contributed by atoms with Gasteiger partial charge in [0.15, 0.2) is 0 Å². The molecule has 8 nitrogen and oxygen atoms in total. The van der Waals surface area contributed by atoms with Crippen molar-refractivity contribution in [3.63, 3.8) is 0 Å². The second-order valence-electron chi connectivity index (χ2n) is 5.91. The van der Waals surface area contributed by atoms with Crippen molar-refractivity contribution in [1.29, 1.82) is 0 Å². The second-order valence-corrected chi connectivity index (χ2v) is 5.91. The molecule has 0 spiro atoms. The summed E-state index contributed by atoms with van der Waals surface area (Å²) in [6.45, 7) is 2.12. The zero-order valence-electron chi connectivity index (χ0n) is 15.9. The highest BCUT2D eigenvalue weighted by molar-refractivity contribution is 5.92. The maximum Gasteiger partial charge on any atom is 0.270 e. The summed E-state index contributed by atoms with van der Waals surface area (Å²) in [4.78, 5) is 25.3. The Hall–Kier alpha value is -3.68. The Balaban J connectivity index is 1.77. The minimum absolute atomic E-state index is 0.262. The second kappa shape index (κ2) is 8.81. The molecule has 8 heteroatoms. The van der Waals surface area contributed by atoms with Crippen LogP contribution in [0.3, 0.4) is 0 Å². The zero-order valence-corrected chi connectivity index (χ0v) is 15.9. The molecule has 2 aromatic heterocycles. The van der Waals surface area contributed by atoms with E-state index in [1.807, 2.05) is 18.2 Å². The van der Waals surface area contributed by atoms with Crippen LogP contribution in [0.2, 0.25) is 0 Å². The van der Waals surface area contributed by atoms with Gasteiger partial charge < -0.3 is 20.1 Å². The SMILES string of the molecule is COc1ccc(Nc2nc(C)cc(C(=O)NCc3ccccn3)n2)c(OC)c1. The molecule has 3 rings (SSSR count). The number of ether oxygens (including phenoxy) is 2. The molecule has 0 bridgehead atoms. The lowest BCUT2D eigenvalue weighted by Gasteiger charge is -2.12. The minimum Gasteiger partial charge on any atom is -0.497 e. The lowest BCUT2D eigenvalue weighted by molar-refractivity contribution is 0.0945. The monoisotopic (exact) mass is 379 g/mol. The van der Waals surface area contributed by atoms with Gasteiger partial charge in [-0.1, -0.05) is 6.07 Å². The highest BCUT2D eigenvalue weighted by Crippen LogP contribution is 2.30. The van der Waals surface area contributed by atoms with E-state index >= 15 is 0 Å².